The lowest BCUT2D eigenvalue weighted by molar-refractivity contribution is -0.139. The molecule has 0 saturated heterocycles. The van der Waals surface area contributed by atoms with E-state index in [1.165, 1.54) is 4.90 Å². The van der Waals surface area contributed by atoms with Gasteiger partial charge in [0, 0.05) is 17.1 Å². The van der Waals surface area contributed by atoms with E-state index in [4.69, 9.17) is 0 Å². The van der Waals surface area contributed by atoms with E-state index in [1.807, 2.05) is 31.2 Å². The average Bonchev–Trinajstić information content (AvgIpc) is 3.27. The number of aryl methyl sites for hydroxylation is 1. The maximum atomic E-state index is 13.6. The standard InChI is InChI=1S/C25H32BrN3O4S/c1-18-8-6-9-20(14-18)16-28(19(2)25(31)27-22-11-4-5-12-22)24(30)17-29(34(3,32)33)23-13-7-10-21(26)15-23/h6-10,13-15,19,22H,4-5,11-12,16-17H2,1-3H3,(H,27,31)/t19-/m0/s1. The SMILES string of the molecule is Cc1cccc(CN(C(=O)CN(c2cccc(Br)c2)S(C)(=O)=O)[C@@H](C)C(=O)NC2CCCC2)c1. The highest BCUT2D eigenvalue weighted by molar-refractivity contribution is 9.10. The Morgan fingerprint density at radius 2 is 1.79 bits per heavy atom. The quantitative estimate of drug-likeness (QED) is 0.512. The molecule has 1 aliphatic rings. The first-order chi connectivity index (χ1) is 16.0. The number of carbonyl (C=O) groups excluding carboxylic acids is 2. The molecule has 1 fully saturated rings. The molecule has 1 saturated carbocycles. The molecule has 0 heterocycles. The van der Waals surface area contributed by atoms with Gasteiger partial charge in [0.25, 0.3) is 0 Å². The van der Waals surface area contributed by atoms with Crippen molar-refractivity contribution in [2.75, 3.05) is 17.1 Å². The summed E-state index contributed by atoms with van der Waals surface area (Å²) in [5.41, 5.74) is 2.30. The Bertz CT molecular complexity index is 1130. The van der Waals surface area contributed by atoms with Gasteiger partial charge in [0.1, 0.15) is 12.6 Å². The van der Waals surface area contributed by atoms with Crippen molar-refractivity contribution in [1.82, 2.24) is 10.2 Å². The highest BCUT2D eigenvalue weighted by atomic mass is 79.9. The fourth-order valence-corrected chi connectivity index (χ4v) is 5.46. The minimum absolute atomic E-state index is 0.125. The topological polar surface area (TPSA) is 86.8 Å². The van der Waals surface area contributed by atoms with Crippen molar-refractivity contribution in [2.24, 2.45) is 0 Å². The summed E-state index contributed by atoms with van der Waals surface area (Å²) >= 11 is 3.36. The van der Waals surface area contributed by atoms with Crippen molar-refractivity contribution in [3.63, 3.8) is 0 Å². The van der Waals surface area contributed by atoms with E-state index in [2.05, 4.69) is 21.2 Å². The van der Waals surface area contributed by atoms with Crippen LogP contribution < -0.4 is 9.62 Å². The Balaban J connectivity index is 1.88. The number of rotatable bonds is 9. The van der Waals surface area contributed by atoms with Crippen molar-refractivity contribution >= 4 is 43.5 Å². The number of amides is 2. The predicted molar refractivity (Wildman–Crippen MR) is 138 cm³/mol. The van der Waals surface area contributed by atoms with Crippen molar-refractivity contribution in [1.29, 1.82) is 0 Å². The second-order valence-corrected chi connectivity index (χ2v) is 11.7. The molecule has 0 radical (unpaired) electrons. The Kier molecular flexibility index (Phi) is 8.76. The maximum absolute atomic E-state index is 13.6. The van der Waals surface area contributed by atoms with Crippen LogP contribution in [0.15, 0.2) is 53.0 Å². The molecule has 1 atom stereocenters. The largest absolute Gasteiger partial charge is 0.352 e. The lowest BCUT2D eigenvalue weighted by Crippen LogP contribution is -2.52. The smallest absolute Gasteiger partial charge is 0.244 e. The molecule has 1 aliphatic carbocycles. The van der Waals surface area contributed by atoms with Gasteiger partial charge in [-0.25, -0.2) is 8.42 Å². The van der Waals surface area contributed by atoms with Crippen LogP contribution in [0.4, 0.5) is 5.69 Å². The second-order valence-electron chi connectivity index (χ2n) is 8.93. The van der Waals surface area contributed by atoms with Crippen LogP contribution in [0.1, 0.15) is 43.7 Å². The summed E-state index contributed by atoms with van der Waals surface area (Å²) in [7, 11) is -3.74. The van der Waals surface area contributed by atoms with Gasteiger partial charge in [-0.2, -0.15) is 0 Å². The molecule has 0 spiro atoms. The zero-order valence-electron chi connectivity index (χ0n) is 19.8. The lowest BCUT2D eigenvalue weighted by Gasteiger charge is -2.32. The average molecular weight is 551 g/mol. The molecule has 2 aromatic carbocycles. The van der Waals surface area contributed by atoms with Crippen LogP contribution in [0.5, 0.6) is 0 Å². The number of anilines is 1. The maximum Gasteiger partial charge on any atom is 0.244 e. The summed E-state index contributed by atoms with van der Waals surface area (Å²) in [6, 6.07) is 13.9. The highest BCUT2D eigenvalue weighted by Crippen LogP contribution is 2.23. The Morgan fingerprint density at radius 1 is 1.12 bits per heavy atom. The molecule has 34 heavy (non-hydrogen) atoms. The molecular weight excluding hydrogens is 518 g/mol. The van der Waals surface area contributed by atoms with Gasteiger partial charge in [0.2, 0.25) is 21.8 Å². The Morgan fingerprint density at radius 3 is 2.41 bits per heavy atom. The third-order valence-corrected chi connectivity index (χ3v) is 7.71. The van der Waals surface area contributed by atoms with E-state index < -0.39 is 28.5 Å². The first-order valence-corrected chi connectivity index (χ1v) is 14.1. The monoisotopic (exact) mass is 549 g/mol. The number of hydrogen-bond donors (Lipinski definition) is 1. The van der Waals surface area contributed by atoms with Crippen LogP contribution in [-0.2, 0) is 26.2 Å². The number of halogens is 1. The van der Waals surface area contributed by atoms with Gasteiger partial charge in [0.15, 0.2) is 0 Å². The predicted octanol–water partition coefficient (Wildman–Crippen LogP) is 4.00. The second kappa shape index (κ2) is 11.4. The highest BCUT2D eigenvalue weighted by Gasteiger charge is 2.31. The van der Waals surface area contributed by atoms with Gasteiger partial charge in [-0.05, 0) is 50.5 Å². The van der Waals surface area contributed by atoms with Crippen molar-refractivity contribution in [3.8, 4) is 0 Å². The molecule has 1 N–H and O–H groups in total. The zero-order valence-corrected chi connectivity index (χ0v) is 22.2. The van der Waals surface area contributed by atoms with E-state index in [-0.39, 0.29) is 18.5 Å². The molecule has 3 rings (SSSR count). The summed E-state index contributed by atoms with van der Waals surface area (Å²) in [6.45, 7) is 3.46. The summed E-state index contributed by atoms with van der Waals surface area (Å²) < 4.78 is 27.0. The van der Waals surface area contributed by atoms with Crippen LogP contribution in [0, 0.1) is 6.92 Å². The van der Waals surface area contributed by atoms with Crippen LogP contribution in [0.3, 0.4) is 0 Å². The minimum Gasteiger partial charge on any atom is -0.352 e. The van der Waals surface area contributed by atoms with Crippen LogP contribution in [-0.4, -0.2) is 50.0 Å². The zero-order chi connectivity index (χ0) is 24.9. The number of hydrogen-bond acceptors (Lipinski definition) is 4. The molecule has 2 amide bonds. The van der Waals surface area contributed by atoms with Crippen molar-refractivity contribution < 1.29 is 18.0 Å². The number of benzene rings is 2. The molecule has 9 heteroatoms. The lowest BCUT2D eigenvalue weighted by atomic mass is 10.1. The summed E-state index contributed by atoms with van der Waals surface area (Å²) in [5, 5.41) is 3.06. The molecular formula is C25H32BrN3O4S. The van der Waals surface area contributed by atoms with Crippen LogP contribution >= 0.6 is 15.9 Å². The van der Waals surface area contributed by atoms with Gasteiger partial charge >= 0.3 is 0 Å². The van der Waals surface area contributed by atoms with E-state index >= 15 is 0 Å². The van der Waals surface area contributed by atoms with E-state index in [9.17, 15) is 18.0 Å². The number of nitrogens with one attached hydrogen (secondary N) is 1. The molecule has 184 valence electrons. The van der Waals surface area contributed by atoms with E-state index in [0.717, 1.165) is 47.4 Å². The summed E-state index contributed by atoms with van der Waals surface area (Å²) in [4.78, 5) is 28.1. The third-order valence-electron chi connectivity index (χ3n) is 6.08. The first-order valence-electron chi connectivity index (χ1n) is 11.4. The molecule has 0 aliphatic heterocycles. The van der Waals surface area contributed by atoms with Gasteiger partial charge in [0.05, 0.1) is 11.9 Å². The van der Waals surface area contributed by atoms with Crippen LogP contribution in [0.2, 0.25) is 0 Å². The first kappa shape index (κ1) is 26.2. The van der Waals surface area contributed by atoms with Gasteiger partial charge in [-0.1, -0.05) is 64.7 Å². The van der Waals surface area contributed by atoms with Crippen LogP contribution in [0.25, 0.3) is 0 Å². The molecule has 7 nitrogen and oxygen atoms in total. The minimum atomic E-state index is -3.74. The van der Waals surface area contributed by atoms with Crippen molar-refractivity contribution in [2.45, 2.75) is 58.2 Å². The van der Waals surface area contributed by atoms with E-state index in [0.29, 0.717) is 10.2 Å². The number of nitrogens with zero attached hydrogens (tertiary/aromatic N) is 2. The summed E-state index contributed by atoms with van der Waals surface area (Å²) in [6.07, 6.45) is 5.12. The molecule has 0 aromatic heterocycles. The summed E-state index contributed by atoms with van der Waals surface area (Å²) in [5.74, 6) is -0.665. The molecule has 0 unspecified atom stereocenters. The molecule has 2 aromatic rings. The van der Waals surface area contributed by atoms with Gasteiger partial charge in [-0.15, -0.1) is 0 Å². The van der Waals surface area contributed by atoms with E-state index in [1.54, 1.807) is 31.2 Å². The normalized spacial score (nSPS) is 15.1. The Labute approximate surface area is 210 Å². The van der Waals surface area contributed by atoms with Gasteiger partial charge < -0.3 is 10.2 Å². The number of sulfonamides is 1. The fraction of sp³-hybridized carbons (Fsp3) is 0.440. The van der Waals surface area contributed by atoms with Gasteiger partial charge in [-0.3, -0.25) is 13.9 Å². The molecule has 0 bridgehead atoms. The number of carbonyl (C=O) groups is 2. The third kappa shape index (κ3) is 7.06. The fourth-order valence-electron chi connectivity index (χ4n) is 4.23. The van der Waals surface area contributed by atoms with Crippen molar-refractivity contribution in [3.05, 3.63) is 64.1 Å². The Hall–Kier alpha value is -2.39.